The van der Waals surface area contributed by atoms with Crippen molar-refractivity contribution in [1.82, 2.24) is 14.7 Å². The van der Waals surface area contributed by atoms with Crippen molar-refractivity contribution in [3.63, 3.8) is 0 Å². The van der Waals surface area contributed by atoms with Gasteiger partial charge in [0.05, 0.1) is 6.54 Å². The Labute approximate surface area is 116 Å². The number of nitrogens with two attached hydrogens (primary N) is 1. The summed E-state index contributed by atoms with van der Waals surface area (Å²) in [5.41, 5.74) is 5.72. The third-order valence-electron chi connectivity index (χ3n) is 4.59. The topological polar surface area (TPSA) is 52.8 Å². The summed E-state index contributed by atoms with van der Waals surface area (Å²) in [5.74, 6) is 0.782. The fraction of sp³-hybridized carbons (Fsp3) is 0.929. The third-order valence-corrected chi connectivity index (χ3v) is 4.59. The molecule has 2 aliphatic heterocycles. The molecule has 2 heterocycles. The van der Waals surface area contributed by atoms with Gasteiger partial charge < -0.3 is 15.5 Å². The number of amides is 1. The quantitative estimate of drug-likeness (QED) is 0.768. The molecule has 19 heavy (non-hydrogen) atoms. The highest BCUT2D eigenvalue weighted by atomic mass is 16.2. The highest BCUT2D eigenvalue weighted by molar-refractivity contribution is 5.79. The molecule has 0 spiro atoms. The van der Waals surface area contributed by atoms with Gasteiger partial charge in [-0.1, -0.05) is 6.92 Å². The average molecular weight is 268 g/mol. The fourth-order valence-electron chi connectivity index (χ4n) is 3.21. The van der Waals surface area contributed by atoms with Gasteiger partial charge in [-0.25, -0.2) is 0 Å². The number of carbonyl (C=O) groups is 1. The molecule has 2 atom stereocenters. The van der Waals surface area contributed by atoms with Crippen molar-refractivity contribution in [2.45, 2.75) is 26.3 Å². The van der Waals surface area contributed by atoms with E-state index in [1.54, 1.807) is 0 Å². The first kappa shape index (κ1) is 14.8. The molecule has 0 bridgehead atoms. The van der Waals surface area contributed by atoms with Crippen LogP contribution in [0.2, 0.25) is 0 Å². The number of carbonyl (C=O) groups excluding carboxylic acids is 1. The Balaban J connectivity index is 1.78. The van der Waals surface area contributed by atoms with E-state index in [1.165, 1.54) is 0 Å². The molecular formula is C14H28N4O. The van der Waals surface area contributed by atoms with Gasteiger partial charge in [-0.2, -0.15) is 0 Å². The van der Waals surface area contributed by atoms with E-state index in [4.69, 9.17) is 5.73 Å². The van der Waals surface area contributed by atoms with E-state index >= 15 is 0 Å². The third kappa shape index (κ3) is 3.68. The van der Waals surface area contributed by atoms with Gasteiger partial charge >= 0.3 is 0 Å². The maximum Gasteiger partial charge on any atom is 0.236 e. The first-order chi connectivity index (χ1) is 9.13. The molecule has 0 aromatic heterocycles. The second kappa shape index (κ2) is 6.68. The van der Waals surface area contributed by atoms with E-state index in [2.05, 4.69) is 23.6 Å². The van der Waals surface area contributed by atoms with Crippen LogP contribution in [0.1, 0.15) is 20.3 Å². The Morgan fingerprint density at radius 2 is 1.84 bits per heavy atom. The summed E-state index contributed by atoms with van der Waals surface area (Å²) >= 11 is 0. The minimum Gasteiger partial charge on any atom is -0.339 e. The van der Waals surface area contributed by atoms with Crippen LogP contribution in [0.15, 0.2) is 0 Å². The smallest absolute Gasteiger partial charge is 0.236 e. The van der Waals surface area contributed by atoms with E-state index in [0.717, 1.165) is 45.7 Å². The lowest BCUT2D eigenvalue weighted by molar-refractivity contribution is -0.133. The monoisotopic (exact) mass is 268 g/mol. The molecule has 5 heteroatoms. The van der Waals surface area contributed by atoms with Crippen molar-refractivity contribution in [3.05, 3.63) is 0 Å². The molecule has 0 saturated carbocycles. The van der Waals surface area contributed by atoms with Crippen LogP contribution in [-0.2, 0) is 4.79 Å². The van der Waals surface area contributed by atoms with Crippen molar-refractivity contribution >= 4 is 5.91 Å². The van der Waals surface area contributed by atoms with E-state index in [9.17, 15) is 4.79 Å². The Morgan fingerprint density at radius 1 is 1.21 bits per heavy atom. The van der Waals surface area contributed by atoms with Gasteiger partial charge in [0.1, 0.15) is 0 Å². The van der Waals surface area contributed by atoms with Crippen LogP contribution < -0.4 is 5.73 Å². The van der Waals surface area contributed by atoms with Crippen molar-refractivity contribution in [2.75, 3.05) is 52.4 Å². The lowest BCUT2D eigenvalue weighted by atomic mass is 10.1. The summed E-state index contributed by atoms with van der Waals surface area (Å²) in [6, 6.07) is 0.359. The van der Waals surface area contributed by atoms with Gasteiger partial charge in [0, 0.05) is 38.8 Å². The lowest BCUT2D eigenvalue weighted by Gasteiger charge is -2.34. The predicted molar refractivity (Wildman–Crippen MR) is 76.9 cm³/mol. The normalized spacial score (nSPS) is 29.9. The van der Waals surface area contributed by atoms with Crippen LogP contribution in [-0.4, -0.2) is 79.0 Å². The molecule has 2 saturated heterocycles. The van der Waals surface area contributed by atoms with Crippen LogP contribution in [0.5, 0.6) is 0 Å². The van der Waals surface area contributed by atoms with E-state index in [0.29, 0.717) is 25.0 Å². The zero-order valence-electron chi connectivity index (χ0n) is 12.3. The summed E-state index contributed by atoms with van der Waals surface area (Å²) in [6.45, 7) is 11.8. The van der Waals surface area contributed by atoms with Crippen LogP contribution in [0.25, 0.3) is 0 Å². The molecule has 2 N–H and O–H groups in total. The van der Waals surface area contributed by atoms with Crippen molar-refractivity contribution in [1.29, 1.82) is 0 Å². The van der Waals surface area contributed by atoms with Gasteiger partial charge in [0.25, 0.3) is 0 Å². The number of hydrogen-bond acceptors (Lipinski definition) is 4. The zero-order valence-corrected chi connectivity index (χ0v) is 12.3. The minimum atomic E-state index is 0.286. The maximum atomic E-state index is 12.4. The first-order valence-electron chi connectivity index (χ1n) is 7.58. The molecule has 1 amide bonds. The molecule has 0 aromatic carbocycles. The number of likely N-dealkylation sites (N-methyl/N-ethyl adjacent to an activating group) is 1. The Bertz CT molecular complexity index is 302. The molecule has 2 unspecified atom stereocenters. The lowest BCUT2D eigenvalue weighted by Crippen LogP contribution is -2.50. The number of rotatable bonds is 4. The van der Waals surface area contributed by atoms with E-state index in [-0.39, 0.29) is 5.91 Å². The van der Waals surface area contributed by atoms with Gasteiger partial charge in [0.15, 0.2) is 0 Å². The molecule has 2 fully saturated rings. The van der Waals surface area contributed by atoms with Gasteiger partial charge in [-0.3, -0.25) is 9.69 Å². The molecule has 0 aliphatic carbocycles. The molecule has 5 nitrogen and oxygen atoms in total. The summed E-state index contributed by atoms with van der Waals surface area (Å²) in [7, 11) is 0. The largest absolute Gasteiger partial charge is 0.339 e. The minimum absolute atomic E-state index is 0.286. The molecule has 2 aliphatic rings. The molecule has 0 aromatic rings. The SMILES string of the molecule is CCN1CCN(CC(=O)N2CC(CN)CC2C)CC1. The van der Waals surface area contributed by atoms with E-state index in [1.807, 2.05) is 4.90 Å². The van der Waals surface area contributed by atoms with Crippen molar-refractivity contribution in [2.24, 2.45) is 11.7 Å². The summed E-state index contributed by atoms with van der Waals surface area (Å²) in [6.07, 6.45) is 1.06. The average Bonchev–Trinajstić information content (AvgIpc) is 2.81. The maximum absolute atomic E-state index is 12.4. The molecule has 110 valence electrons. The second-order valence-corrected chi connectivity index (χ2v) is 5.94. The number of nitrogens with zero attached hydrogens (tertiary/aromatic N) is 3. The van der Waals surface area contributed by atoms with Crippen LogP contribution >= 0.6 is 0 Å². The summed E-state index contributed by atoms with van der Waals surface area (Å²) in [5, 5.41) is 0. The van der Waals surface area contributed by atoms with Crippen molar-refractivity contribution in [3.8, 4) is 0 Å². The van der Waals surface area contributed by atoms with Crippen LogP contribution in [0.4, 0.5) is 0 Å². The number of hydrogen-bond donors (Lipinski definition) is 1. The van der Waals surface area contributed by atoms with E-state index < -0.39 is 0 Å². The van der Waals surface area contributed by atoms with Crippen LogP contribution in [0, 0.1) is 5.92 Å². The number of likely N-dealkylation sites (tertiary alicyclic amines) is 1. The summed E-state index contributed by atoms with van der Waals surface area (Å²) < 4.78 is 0. The highest BCUT2D eigenvalue weighted by Crippen LogP contribution is 2.22. The van der Waals surface area contributed by atoms with Crippen molar-refractivity contribution < 1.29 is 4.79 Å². The summed E-state index contributed by atoms with van der Waals surface area (Å²) in [4.78, 5) is 19.1. The molecule has 0 radical (unpaired) electrons. The Kier molecular flexibility index (Phi) is 5.19. The Morgan fingerprint density at radius 3 is 2.37 bits per heavy atom. The standard InChI is InChI=1S/C14H28N4O/c1-3-16-4-6-17(7-5-16)11-14(19)18-10-13(9-15)8-12(18)2/h12-13H,3-11,15H2,1-2H3. The fourth-order valence-corrected chi connectivity index (χ4v) is 3.21. The first-order valence-corrected chi connectivity index (χ1v) is 7.58. The zero-order chi connectivity index (χ0) is 13.8. The second-order valence-electron chi connectivity index (χ2n) is 5.94. The number of piperazine rings is 1. The highest BCUT2D eigenvalue weighted by Gasteiger charge is 2.32. The predicted octanol–water partition coefficient (Wildman–Crippen LogP) is -0.180. The van der Waals surface area contributed by atoms with Gasteiger partial charge in [-0.15, -0.1) is 0 Å². The molecular weight excluding hydrogens is 240 g/mol. The van der Waals surface area contributed by atoms with Gasteiger partial charge in [0.2, 0.25) is 5.91 Å². The van der Waals surface area contributed by atoms with Gasteiger partial charge in [-0.05, 0) is 32.4 Å². The van der Waals surface area contributed by atoms with Crippen LogP contribution in [0.3, 0.4) is 0 Å². The molecule has 2 rings (SSSR count). The Hall–Kier alpha value is -0.650.